The number of thiazole rings is 1. The highest BCUT2D eigenvalue weighted by molar-refractivity contribution is 7.09. The van der Waals surface area contributed by atoms with E-state index in [0.717, 1.165) is 36.4 Å². The largest absolute Gasteiger partial charge is 0.481 e. The molecule has 1 aromatic rings. The van der Waals surface area contributed by atoms with Crippen LogP contribution in [-0.4, -0.2) is 16.1 Å². The number of hydrogen-bond acceptors (Lipinski definition) is 3. The number of nitrogens with zero attached hydrogens (tertiary/aromatic N) is 1. The van der Waals surface area contributed by atoms with Crippen molar-refractivity contribution in [1.82, 2.24) is 4.98 Å². The molecular formula is C14H21NO2S. The van der Waals surface area contributed by atoms with Crippen molar-refractivity contribution in [3.05, 3.63) is 16.1 Å². The molecule has 1 aromatic heterocycles. The highest BCUT2D eigenvalue weighted by Gasteiger charge is 2.34. The average molecular weight is 267 g/mol. The molecule has 0 radical (unpaired) electrons. The SMILES string of the molecule is CCC1CCC(C(=O)O)C(Cc2nc(C)cs2)C1. The van der Waals surface area contributed by atoms with Crippen LogP contribution in [0.15, 0.2) is 5.38 Å². The van der Waals surface area contributed by atoms with E-state index in [9.17, 15) is 9.90 Å². The smallest absolute Gasteiger partial charge is 0.306 e. The van der Waals surface area contributed by atoms with Crippen LogP contribution in [0.5, 0.6) is 0 Å². The summed E-state index contributed by atoms with van der Waals surface area (Å²) in [5, 5.41) is 12.5. The summed E-state index contributed by atoms with van der Waals surface area (Å²) in [5.41, 5.74) is 1.05. The number of hydrogen-bond donors (Lipinski definition) is 1. The van der Waals surface area contributed by atoms with Crippen LogP contribution in [0.1, 0.15) is 43.3 Å². The van der Waals surface area contributed by atoms with Crippen LogP contribution in [-0.2, 0) is 11.2 Å². The number of carbonyl (C=O) groups is 1. The summed E-state index contributed by atoms with van der Waals surface area (Å²) in [4.78, 5) is 15.8. The topological polar surface area (TPSA) is 50.2 Å². The van der Waals surface area contributed by atoms with Gasteiger partial charge in [0.05, 0.1) is 10.9 Å². The average Bonchev–Trinajstić information content (AvgIpc) is 2.74. The second kappa shape index (κ2) is 5.83. The van der Waals surface area contributed by atoms with E-state index in [-0.39, 0.29) is 11.8 Å². The molecule has 18 heavy (non-hydrogen) atoms. The van der Waals surface area contributed by atoms with Gasteiger partial charge in [-0.05, 0) is 38.0 Å². The fraction of sp³-hybridized carbons (Fsp3) is 0.714. The minimum atomic E-state index is -0.622. The zero-order valence-corrected chi connectivity index (χ0v) is 11.9. The quantitative estimate of drug-likeness (QED) is 0.908. The summed E-state index contributed by atoms with van der Waals surface area (Å²) in [6, 6.07) is 0. The fourth-order valence-corrected chi connectivity index (χ4v) is 3.87. The van der Waals surface area contributed by atoms with Gasteiger partial charge in [-0.3, -0.25) is 4.79 Å². The molecule has 0 aromatic carbocycles. The van der Waals surface area contributed by atoms with E-state index in [0.29, 0.717) is 5.92 Å². The summed E-state index contributed by atoms with van der Waals surface area (Å²) >= 11 is 1.66. The van der Waals surface area contributed by atoms with Gasteiger partial charge in [0, 0.05) is 17.5 Å². The van der Waals surface area contributed by atoms with Gasteiger partial charge in [0.2, 0.25) is 0 Å². The van der Waals surface area contributed by atoms with E-state index in [1.807, 2.05) is 12.3 Å². The van der Waals surface area contributed by atoms with Crippen molar-refractivity contribution >= 4 is 17.3 Å². The van der Waals surface area contributed by atoms with Gasteiger partial charge in [-0.15, -0.1) is 11.3 Å². The van der Waals surface area contributed by atoms with E-state index in [1.54, 1.807) is 11.3 Å². The van der Waals surface area contributed by atoms with Gasteiger partial charge in [0.1, 0.15) is 0 Å². The molecule has 1 N–H and O–H groups in total. The van der Waals surface area contributed by atoms with Gasteiger partial charge < -0.3 is 5.11 Å². The zero-order valence-electron chi connectivity index (χ0n) is 11.1. The number of carboxylic acid groups (broad SMARTS) is 1. The molecule has 0 aliphatic heterocycles. The summed E-state index contributed by atoms with van der Waals surface area (Å²) in [5.74, 6) is 0.179. The summed E-state index contributed by atoms with van der Waals surface area (Å²) in [6.07, 6.45) is 4.96. The first-order valence-corrected chi connectivity index (χ1v) is 7.62. The normalized spacial score (nSPS) is 28.2. The first-order chi connectivity index (χ1) is 8.60. The second-order valence-corrected chi connectivity index (χ2v) is 6.32. The molecule has 0 bridgehead atoms. The minimum absolute atomic E-state index is 0.169. The Hall–Kier alpha value is -0.900. The van der Waals surface area contributed by atoms with E-state index < -0.39 is 5.97 Å². The lowest BCUT2D eigenvalue weighted by Gasteiger charge is -2.33. The fourth-order valence-electron chi connectivity index (χ4n) is 3.00. The monoisotopic (exact) mass is 267 g/mol. The first-order valence-electron chi connectivity index (χ1n) is 6.74. The molecule has 1 saturated carbocycles. The molecule has 0 spiro atoms. The van der Waals surface area contributed by atoms with Crippen molar-refractivity contribution in [2.24, 2.45) is 17.8 Å². The lowest BCUT2D eigenvalue weighted by atomic mass is 9.72. The Morgan fingerprint density at radius 1 is 1.56 bits per heavy atom. The molecule has 4 heteroatoms. The van der Waals surface area contributed by atoms with E-state index in [4.69, 9.17) is 0 Å². The summed E-state index contributed by atoms with van der Waals surface area (Å²) in [7, 11) is 0. The molecule has 1 aliphatic carbocycles. The first kappa shape index (κ1) is 13.5. The Balaban J connectivity index is 2.07. The highest BCUT2D eigenvalue weighted by Crippen LogP contribution is 2.37. The number of rotatable bonds is 4. The Bertz CT molecular complexity index is 416. The van der Waals surface area contributed by atoms with E-state index in [2.05, 4.69) is 11.9 Å². The van der Waals surface area contributed by atoms with Crippen molar-refractivity contribution in [2.75, 3.05) is 0 Å². The Kier molecular flexibility index (Phi) is 4.38. The second-order valence-electron chi connectivity index (χ2n) is 5.38. The predicted molar refractivity (Wildman–Crippen MR) is 72.8 cm³/mol. The van der Waals surface area contributed by atoms with Gasteiger partial charge in [0.15, 0.2) is 0 Å². The number of aryl methyl sites for hydroxylation is 1. The van der Waals surface area contributed by atoms with Crippen molar-refractivity contribution in [3.63, 3.8) is 0 Å². The highest BCUT2D eigenvalue weighted by atomic mass is 32.1. The Labute approximate surface area is 112 Å². The molecule has 1 heterocycles. The summed E-state index contributed by atoms with van der Waals surface area (Å²) in [6.45, 7) is 4.20. The maximum Gasteiger partial charge on any atom is 0.306 e. The molecule has 0 saturated heterocycles. The van der Waals surface area contributed by atoms with Crippen LogP contribution in [0.4, 0.5) is 0 Å². The van der Waals surface area contributed by atoms with Crippen molar-refractivity contribution in [1.29, 1.82) is 0 Å². The maximum atomic E-state index is 11.3. The van der Waals surface area contributed by atoms with E-state index >= 15 is 0 Å². The van der Waals surface area contributed by atoms with Crippen LogP contribution >= 0.6 is 11.3 Å². The van der Waals surface area contributed by atoms with Crippen LogP contribution in [0.25, 0.3) is 0 Å². The van der Waals surface area contributed by atoms with Crippen LogP contribution in [0.2, 0.25) is 0 Å². The van der Waals surface area contributed by atoms with Crippen molar-refractivity contribution in [3.8, 4) is 0 Å². The molecule has 0 amide bonds. The van der Waals surface area contributed by atoms with Crippen molar-refractivity contribution in [2.45, 2.75) is 46.0 Å². The molecule has 3 atom stereocenters. The molecule has 2 rings (SSSR count). The number of carboxylic acids is 1. The molecule has 3 unspecified atom stereocenters. The predicted octanol–water partition coefficient (Wildman–Crippen LogP) is 3.52. The van der Waals surface area contributed by atoms with Gasteiger partial charge in [0.25, 0.3) is 0 Å². The molecule has 1 aliphatic rings. The zero-order chi connectivity index (χ0) is 13.1. The Morgan fingerprint density at radius 3 is 2.89 bits per heavy atom. The van der Waals surface area contributed by atoms with Gasteiger partial charge in [-0.2, -0.15) is 0 Å². The summed E-state index contributed by atoms with van der Waals surface area (Å²) < 4.78 is 0. The third-order valence-corrected chi connectivity index (χ3v) is 5.08. The van der Waals surface area contributed by atoms with Gasteiger partial charge in [-0.1, -0.05) is 13.3 Å². The maximum absolute atomic E-state index is 11.3. The number of aromatic nitrogens is 1. The third kappa shape index (κ3) is 3.10. The molecule has 100 valence electrons. The molecular weight excluding hydrogens is 246 g/mol. The molecule has 3 nitrogen and oxygen atoms in total. The lowest BCUT2D eigenvalue weighted by Crippen LogP contribution is -2.31. The number of aliphatic carboxylic acids is 1. The molecule has 1 fully saturated rings. The third-order valence-electron chi connectivity index (χ3n) is 4.09. The van der Waals surface area contributed by atoms with Crippen LogP contribution in [0, 0.1) is 24.7 Å². The van der Waals surface area contributed by atoms with Crippen LogP contribution < -0.4 is 0 Å². The van der Waals surface area contributed by atoms with Gasteiger partial charge >= 0.3 is 5.97 Å². The van der Waals surface area contributed by atoms with E-state index in [1.165, 1.54) is 6.42 Å². The van der Waals surface area contributed by atoms with Gasteiger partial charge in [-0.25, -0.2) is 4.98 Å². The lowest BCUT2D eigenvalue weighted by molar-refractivity contribution is -0.145. The standard InChI is InChI=1S/C14H21NO2S/c1-3-10-4-5-12(14(16)17)11(6-10)7-13-15-9(2)8-18-13/h8,10-12H,3-7H2,1-2H3,(H,16,17). The van der Waals surface area contributed by atoms with Crippen molar-refractivity contribution < 1.29 is 9.90 Å². The minimum Gasteiger partial charge on any atom is -0.481 e. The Morgan fingerprint density at radius 2 is 2.33 bits per heavy atom. The van der Waals surface area contributed by atoms with Crippen LogP contribution in [0.3, 0.4) is 0 Å².